The van der Waals surface area contributed by atoms with Gasteiger partial charge in [-0.05, 0) is 36.6 Å². The van der Waals surface area contributed by atoms with E-state index in [1.165, 1.54) is 11.3 Å². The number of ether oxygens (including phenoxy) is 1. The zero-order chi connectivity index (χ0) is 15.9. The van der Waals surface area contributed by atoms with E-state index < -0.39 is 0 Å². The number of carbonyl (C=O) groups is 1. The Morgan fingerprint density at radius 2 is 2.05 bits per heavy atom. The van der Waals surface area contributed by atoms with Crippen LogP contribution in [0.1, 0.15) is 33.6 Å². The second-order valence-electron chi connectivity index (χ2n) is 5.56. The fourth-order valence-corrected chi connectivity index (χ4v) is 2.68. The lowest BCUT2D eigenvalue weighted by atomic mass is 10.1. The smallest absolute Gasteiger partial charge is 0.226 e. The van der Waals surface area contributed by atoms with Gasteiger partial charge in [-0.2, -0.15) is 0 Å². The Morgan fingerprint density at radius 3 is 2.68 bits per heavy atom. The number of nitrogens with one attached hydrogen (secondary N) is 1. The van der Waals surface area contributed by atoms with Crippen LogP contribution in [0.5, 0.6) is 5.75 Å². The first-order chi connectivity index (χ1) is 10.6. The molecule has 1 aromatic heterocycles. The maximum atomic E-state index is 11.8. The molecule has 0 bridgehead atoms. The summed E-state index contributed by atoms with van der Waals surface area (Å²) in [6.45, 7) is 6.85. The van der Waals surface area contributed by atoms with Gasteiger partial charge in [0, 0.05) is 17.4 Å². The number of aromatic nitrogens is 1. The number of nitrogens with zero attached hydrogens (tertiary/aromatic N) is 1. The Labute approximate surface area is 135 Å². The van der Waals surface area contributed by atoms with E-state index >= 15 is 0 Å². The average Bonchev–Trinajstić information content (AvgIpc) is 2.93. The maximum absolute atomic E-state index is 11.8. The van der Waals surface area contributed by atoms with Crippen LogP contribution in [0.2, 0.25) is 0 Å². The van der Waals surface area contributed by atoms with Crippen molar-refractivity contribution >= 4 is 22.4 Å². The summed E-state index contributed by atoms with van der Waals surface area (Å²) < 4.78 is 5.57. The lowest BCUT2D eigenvalue weighted by molar-refractivity contribution is -0.116. The van der Waals surface area contributed by atoms with Gasteiger partial charge in [-0.15, -0.1) is 11.3 Å². The monoisotopic (exact) mass is 318 g/mol. The predicted octanol–water partition coefficient (Wildman–Crippen LogP) is 4.58. The number of carbonyl (C=O) groups excluding carboxylic acids is 1. The second kappa shape index (κ2) is 7.94. The van der Waals surface area contributed by atoms with Gasteiger partial charge in [0.05, 0.1) is 12.3 Å². The van der Waals surface area contributed by atoms with Gasteiger partial charge in [0.2, 0.25) is 5.91 Å². The van der Waals surface area contributed by atoms with Crippen molar-refractivity contribution in [1.82, 2.24) is 4.98 Å². The molecule has 0 aliphatic rings. The Bertz CT molecular complexity index is 605. The highest BCUT2D eigenvalue weighted by atomic mass is 32.1. The van der Waals surface area contributed by atoms with Gasteiger partial charge in [0.25, 0.3) is 0 Å². The molecule has 1 aromatic carbocycles. The molecule has 2 aromatic rings. The minimum Gasteiger partial charge on any atom is -0.494 e. The van der Waals surface area contributed by atoms with Gasteiger partial charge in [-0.25, -0.2) is 4.98 Å². The summed E-state index contributed by atoms with van der Waals surface area (Å²) in [5.41, 5.74) is 1.89. The first-order valence-electron chi connectivity index (χ1n) is 7.57. The van der Waals surface area contributed by atoms with Crippen LogP contribution < -0.4 is 10.1 Å². The molecule has 0 fully saturated rings. The molecule has 1 heterocycles. The van der Waals surface area contributed by atoms with Crippen molar-refractivity contribution in [3.8, 4) is 17.0 Å². The minimum absolute atomic E-state index is 0.0132. The maximum Gasteiger partial charge on any atom is 0.226 e. The van der Waals surface area contributed by atoms with E-state index in [4.69, 9.17) is 4.74 Å². The molecular weight excluding hydrogens is 296 g/mol. The number of benzene rings is 1. The van der Waals surface area contributed by atoms with E-state index in [0.29, 0.717) is 17.5 Å². The Balaban J connectivity index is 2.00. The lowest BCUT2D eigenvalue weighted by Gasteiger charge is -2.05. The summed E-state index contributed by atoms with van der Waals surface area (Å²) in [5.74, 6) is 1.22. The van der Waals surface area contributed by atoms with Crippen LogP contribution in [0.25, 0.3) is 11.3 Å². The molecule has 0 saturated carbocycles. The molecule has 0 aliphatic heterocycles. The minimum atomic E-state index is 0.0132. The van der Waals surface area contributed by atoms with Crippen molar-refractivity contribution in [2.24, 2.45) is 5.92 Å². The van der Waals surface area contributed by atoms with Crippen molar-refractivity contribution in [1.29, 1.82) is 0 Å². The van der Waals surface area contributed by atoms with E-state index in [-0.39, 0.29) is 5.91 Å². The SMILES string of the molecule is CCCOc1ccc(-c2csc(NC(=O)CC(C)C)n2)cc1. The molecule has 0 spiro atoms. The van der Waals surface area contributed by atoms with Crippen LogP contribution in [0.3, 0.4) is 0 Å². The molecule has 0 radical (unpaired) electrons. The summed E-state index contributed by atoms with van der Waals surface area (Å²) in [5, 5.41) is 5.44. The van der Waals surface area contributed by atoms with E-state index in [9.17, 15) is 4.79 Å². The lowest BCUT2D eigenvalue weighted by Crippen LogP contribution is -2.13. The Kier molecular flexibility index (Phi) is 5.95. The Hall–Kier alpha value is -1.88. The number of hydrogen-bond acceptors (Lipinski definition) is 4. The second-order valence-corrected chi connectivity index (χ2v) is 6.41. The summed E-state index contributed by atoms with van der Waals surface area (Å²) in [4.78, 5) is 16.2. The molecule has 4 nitrogen and oxygen atoms in total. The van der Waals surface area contributed by atoms with Crippen LogP contribution in [0, 0.1) is 5.92 Å². The third-order valence-corrected chi connectivity index (χ3v) is 3.72. The van der Waals surface area contributed by atoms with E-state index in [1.54, 1.807) is 0 Å². The zero-order valence-corrected chi connectivity index (χ0v) is 14.1. The fourth-order valence-electron chi connectivity index (χ4n) is 1.95. The van der Waals surface area contributed by atoms with Crippen LogP contribution in [-0.4, -0.2) is 17.5 Å². The van der Waals surface area contributed by atoms with Crippen molar-refractivity contribution < 1.29 is 9.53 Å². The molecule has 118 valence electrons. The molecular formula is C17H22N2O2S. The topological polar surface area (TPSA) is 51.2 Å². The summed E-state index contributed by atoms with van der Waals surface area (Å²) in [7, 11) is 0. The van der Waals surface area contributed by atoms with Gasteiger partial charge in [-0.3, -0.25) is 4.79 Å². The molecule has 0 saturated heterocycles. The van der Waals surface area contributed by atoms with Gasteiger partial charge in [-0.1, -0.05) is 20.8 Å². The summed E-state index contributed by atoms with van der Waals surface area (Å²) in [6, 6.07) is 7.86. The first-order valence-corrected chi connectivity index (χ1v) is 8.45. The highest BCUT2D eigenvalue weighted by molar-refractivity contribution is 7.14. The first kappa shape index (κ1) is 16.5. The van der Waals surface area contributed by atoms with Gasteiger partial charge >= 0.3 is 0 Å². The van der Waals surface area contributed by atoms with Gasteiger partial charge < -0.3 is 10.1 Å². The van der Waals surface area contributed by atoms with E-state index in [2.05, 4.69) is 17.2 Å². The van der Waals surface area contributed by atoms with Crippen LogP contribution in [0.4, 0.5) is 5.13 Å². The third-order valence-electron chi connectivity index (χ3n) is 2.97. The van der Waals surface area contributed by atoms with Gasteiger partial charge in [0.15, 0.2) is 5.13 Å². The Morgan fingerprint density at radius 1 is 1.32 bits per heavy atom. The van der Waals surface area contributed by atoms with E-state index in [0.717, 1.165) is 30.0 Å². The highest BCUT2D eigenvalue weighted by Crippen LogP contribution is 2.26. The molecule has 0 aliphatic carbocycles. The van der Waals surface area contributed by atoms with Crippen molar-refractivity contribution in [2.45, 2.75) is 33.6 Å². The number of hydrogen-bond donors (Lipinski definition) is 1. The molecule has 0 unspecified atom stereocenters. The molecule has 1 amide bonds. The van der Waals surface area contributed by atoms with Crippen LogP contribution in [0.15, 0.2) is 29.6 Å². The summed E-state index contributed by atoms with van der Waals surface area (Å²) >= 11 is 1.44. The number of thiazole rings is 1. The normalized spacial score (nSPS) is 10.7. The highest BCUT2D eigenvalue weighted by Gasteiger charge is 2.09. The number of rotatable bonds is 7. The van der Waals surface area contributed by atoms with Crippen LogP contribution >= 0.6 is 11.3 Å². The molecule has 0 atom stereocenters. The molecule has 1 N–H and O–H groups in total. The van der Waals surface area contributed by atoms with Gasteiger partial charge in [0.1, 0.15) is 5.75 Å². The predicted molar refractivity (Wildman–Crippen MR) is 91.4 cm³/mol. The number of amides is 1. The fraction of sp³-hybridized carbons (Fsp3) is 0.412. The average molecular weight is 318 g/mol. The molecule has 2 rings (SSSR count). The summed E-state index contributed by atoms with van der Waals surface area (Å²) in [6.07, 6.45) is 1.51. The largest absolute Gasteiger partial charge is 0.494 e. The van der Waals surface area contributed by atoms with Crippen LogP contribution in [-0.2, 0) is 4.79 Å². The van der Waals surface area contributed by atoms with Crippen molar-refractivity contribution in [3.63, 3.8) is 0 Å². The quantitative estimate of drug-likeness (QED) is 0.812. The number of anilines is 1. The van der Waals surface area contributed by atoms with Crippen molar-refractivity contribution in [2.75, 3.05) is 11.9 Å². The van der Waals surface area contributed by atoms with E-state index in [1.807, 2.05) is 43.5 Å². The molecule has 5 heteroatoms. The standard InChI is InChI=1S/C17H22N2O2S/c1-4-9-21-14-7-5-13(6-8-14)15-11-22-17(18-15)19-16(20)10-12(2)3/h5-8,11-12H,4,9-10H2,1-3H3,(H,18,19,20). The zero-order valence-electron chi connectivity index (χ0n) is 13.3. The van der Waals surface area contributed by atoms with Crippen molar-refractivity contribution in [3.05, 3.63) is 29.6 Å². The molecule has 22 heavy (non-hydrogen) atoms. The third kappa shape index (κ3) is 4.84.